The first kappa shape index (κ1) is 22.4. The smallest absolute Gasteiger partial charge is 0.218 e. The van der Waals surface area contributed by atoms with E-state index in [9.17, 15) is 8.42 Å². The molecule has 9 heteroatoms. The predicted octanol–water partition coefficient (Wildman–Crippen LogP) is 1.81. The highest BCUT2D eigenvalue weighted by atomic mass is 127. The highest BCUT2D eigenvalue weighted by Crippen LogP contribution is 2.18. The van der Waals surface area contributed by atoms with E-state index < -0.39 is 10.0 Å². The summed E-state index contributed by atoms with van der Waals surface area (Å²) in [4.78, 5) is 4.42. The largest absolute Gasteiger partial charge is 0.379 e. The zero-order valence-electron chi connectivity index (χ0n) is 15.5. The molecule has 1 aromatic carbocycles. The molecule has 0 amide bonds. The molecule has 3 N–H and O–H groups in total. The Kier molecular flexibility index (Phi) is 8.77. The molecule has 0 bridgehead atoms. The van der Waals surface area contributed by atoms with Gasteiger partial charge in [-0.15, -0.1) is 24.0 Å². The number of halogens is 1. The van der Waals surface area contributed by atoms with E-state index in [1.165, 1.54) is 17.1 Å². The maximum absolute atomic E-state index is 12.7. The van der Waals surface area contributed by atoms with Gasteiger partial charge in [0.1, 0.15) is 0 Å². The third-order valence-electron chi connectivity index (χ3n) is 4.95. The van der Waals surface area contributed by atoms with Gasteiger partial charge in [-0.05, 0) is 24.0 Å². The molecule has 3 rings (SSSR count). The Hall–Kier alpha value is -0.910. The average Bonchev–Trinajstić information content (AvgIpc) is 3.14. The van der Waals surface area contributed by atoms with E-state index in [4.69, 9.17) is 10.5 Å². The molecule has 2 fully saturated rings. The first-order valence-corrected chi connectivity index (χ1v) is 10.8. The first-order valence-electron chi connectivity index (χ1n) is 9.23. The number of rotatable bonds is 6. The van der Waals surface area contributed by atoms with Crippen LogP contribution in [-0.4, -0.2) is 51.0 Å². The zero-order valence-corrected chi connectivity index (χ0v) is 18.6. The van der Waals surface area contributed by atoms with Crippen LogP contribution in [0.25, 0.3) is 0 Å². The fraction of sp³-hybridized carbons (Fsp3) is 0.611. The Morgan fingerprint density at radius 1 is 1.19 bits per heavy atom. The van der Waals surface area contributed by atoms with Crippen molar-refractivity contribution >= 4 is 40.0 Å². The minimum Gasteiger partial charge on any atom is -0.379 e. The fourth-order valence-corrected chi connectivity index (χ4v) is 5.02. The van der Waals surface area contributed by atoms with Crippen molar-refractivity contribution in [1.29, 1.82) is 0 Å². The number of sulfonamides is 1. The number of aliphatic imine (C=N–C) groups is 1. The number of nitrogens with zero attached hydrogens (tertiary/aromatic N) is 2. The van der Waals surface area contributed by atoms with E-state index in [0.29, 0.717) is 44.8 Å². The summed E-state index contributed by atoms with van der Waals surface area (Å²) >= 11 is 0. The summed E-state index contributed by atoms with van der Waals surface area (Å²) in [6.07, 6.45) is 4.72. The van der Waals surface area contributed by atoms with Gasteiger partial charge in [0.2, 0.25) is 10.0 Å². The lowest BCUT2D eigenvalue weighted by Gasteiger charge is -2.26. The maximum atomic E-state index is 12.7. The van der Waals surface area contributed by atoms with Crippen LogP contribution < -0.4 is 11.1 Å². The highest BCUT2D eigenvalue weighted by molar-refractivity contribution is 14.0. The van der Waals surface area contributed by atoms with E-state index in [0.717, 1.165) is 24.0 Å². The van der Waals surface area contributed by atoms with Gasteiger partial charge >= 0.3 is 0 Å². The Balaban J connectivity index is 0.00000261. The van der Waals surface area contributed by atoms with Crippen LogP contribution in [-0.2, 0) is 27.1 Å². The molecule has 0 aromatic heterocycles. The van der Waals surface area contributed by atoms with Crippen LogP contribution in [0.3, 0.4) is 0 Å². The molecule has 1 heterocycles. The second kappa shape index (κ2) is 10.6. The Labute approximate surface area is 178 Å². The van der Waals surface area contributed by atoms with E-state index >= 15 is 0 Å². The Morgan fingerprint density at radius 2 is 1.81 bits per heavy atom. The molecule has 1 saturated heterocycles. The molecule has 0 unspecified atom stereocenters. The number of ether oxygens (including phenoxy) is 1. The number of nitrogens with one attached hydrogen (secondary N) is 1. The Bertz CT molecular complexity index is 730. The third-order valence-corrected chi connectivity index (χ3v) is 6.77. The summed E-state index contributed by atoms with van der Waals surface area (Å²) in [5, 5.41) is 3.26. The van der Waals surface area contributed by atoms with Gasteiger partial charge in [-0.2, -0.15) is 4.31 Å². The second-order valence-corrected chi connectivity index (χ2v) is 8.83. The first-order chi connectivity index (χ1) is 12.5. The van der Waals surface area contributed by atoms with Crippen molar-refractivity contribution in [2.75, 3.05) is 26.3 Å². The van der Waals surface area contributed by atoms with E-state index in [-0.39, 0.29) is 29.7 Å². The van der Waals surface area contributed by atoms with Crippen LogP contribution >= 0.6 is 24.0 Å². The molecule has 1 saturated carbocycles. The molecule has 0 atom stereocenters. The van der Waals surface area contributed by atoms with Crippen molar-refractivity contribution in [1.82, 2.24) is 9.62 Å². The summed E-state index contributed by atoms with van der Waals surface area (Å²) in [6.45, 7) is 2.12. The fourth-order valence-electron chi connectivity index (χ4n) is 3.46. The van der Waals surface area contributed by atoms with Gasteiger partial charge in [-0.1, -0.05) is 37.1 Å². The van der Waals surface area contributed by atoms with Gasteiger partial charge in [0.15, 0.2) is 5.96 Å². The average molecular weight is 508 g/mol. The van der Waals surface area contributed by atoms with E-state index in [2.05, 4.69) is 10.3 Å². The number of morpholine rings is 1. The molecule has 0 spiro atoms. The van der Waals surface area contributed by atoms with Crippen LogP contribution in [0.1, 0.15) is 36.8 Å². The number of nitrogens with two attached hydrogens (primary N) is 1. The van der Waals surface area contributed by atoms with Crippen molar-refractivity contribution in [3.05, 3.63) is 35.4 Å². The normalized spacial score (nSPS) is 19.6. The van der Waals surface area contributed by atoms with Crippen LogP contribution in [0.5, 0.6) is 0 Å². The van der Waals surface area contributed by atoms with Gasteiger partial charge in [-0.25, -0.2) is 13.4 Å². The summed E-state index contributed by atoms with van der Waals surface area (Å²) < 4.78 is 32.1. The predicted molar refractivity (Wildman–Crippen MR) is 118 cm³/mol. The summed E-state index contributed by atoms with van der Waals surface area (Å²) in [5.74, 6) is 0.414. The minimum absolute atomic E-state index is 0. The highest BCUT2D eigenvalue weighted by Gasteiger charge is 2.25. The monoisotopic (exact) mass is 508 g/mol. The molecular weight excluding hydrogens is 479 g/mol. The maximum Gasteiger partial charge on any atom is 0.218 e. The van der Waals surface area contributed by atoms with Gasteiger partial charge < -0.3 is 15.8 Å². The lowest BCUT2D eigenvalue weighted by Crippen LogP contribution is -2.41. The molecule has 0 radical (unpaired) electrons. The summed E-state index contributed by atoms with van der Waals surface area (Å²) in [5.41, 5.74) is 7.66. The van der Waals surface area contributed by atoms with Crippen molar-refractivity contribution < 1.29 is 13.2 Å². The van der Waals surface area contributed by atoms with Gasteiger partial charge in [-0.3, -0.25) is 0 Å². The quantitative estimate of drug-likeness (QED) is 0.347. The number of guanidine groups is 1. The number of hydrogen-bond acceptors (Lipinski definition) is 4. The molecule has 2 aliphatic rings. The molecule has 152 valence electrons. The van der Waals surface area contributed by atoms with Gasteiger partial charge in [0.25, 0.3) is 0 Å². The molecular formula is C18H29IN4O3S. The SMILES string of the molecule is I.NC(=NCc1ccccc1CS(=O)(=O)N1CCOCC1)NC1CCCC1. The van der Waals surface area contributed by atoms with Crippen molar-refractivity contribution in [2.24, 2.45) is 10.7 Å². The number of benzene rings is 1. The minimum atomic E-state index is -3.36. The molecule has 1 aromatic rings. The molecule has 1 aliphatic heterocycles. The number of hydrogen-bond donors (Lipinski definition) is 2. The standard InChI is InChI=1S/C18H28N4O3S.HI/c19-18(21-17-7-3-4-8-17)20-13-15-5-1-2-6-16(15)14-26(23,24)22-9-11-25-12-10-22;/h1-2,5-6,17H,3-4,7-14H2,(H3,19,20,21);1H. The zero-order chi connectivity index (χ0) is 18.4. The van der Waals surface area contributed by atoms with Gasteiger partial charge in [0.05, 0.1) is 25.5 Å². The van der Waals surface area contributed by atoms with Crippen LogP contribution in [0.15, 0.2) is 29.3 Å². The molecule has 7 nitrogen and oxygen atoms in total. The second-order valence-electron chi connectivity index (χ2n) is 6.86. The van der Waals surface area contributed by atoms with Crippen molar-refractivity contribution in [3.63, 3.8) is 0 Å². The van der Waals surface area contributed by atoms with Crippen molar-refractivity contribution in [2.45, 2.75) is 44.0 Å². The van der Waals surface area contributed by atoms with Gasteiger partial charge in [0, 0.05) is 19.1 Å². The third kappa shape index (κ3) is 6.58. The topological polar surface area (TPSA) is 97.0 Å². The van der Waals surface area contributed by atoms with E-state index in [1.807, 2.05) is 24.3 Å². The molecule has 27 heavy (non-hydrogen) atoms. The summed E-state index contributed by atoms with van der Waals surface area (Å²) in [6, 6.07) is 7.93. The van der Waals surface area contributed by atoms with Crippen molar-refractivity contribution in [3.8, 4) is 0 Å². The molecule has 1 aliphatic carbocycles. The lowest BCUT2D eigenvalue weighted by molar-refractivity contribution is 0.0729. The summed E-state index contributed by atoms with van der Waals surface area (Å²) in [7, 11) is -3.36. The Morgan fingerprint density at radius 3 is 2.48 bits per heavy atom. The van der Waals surface area contributed by atoms with Crippen LogP contribution in [0.4, 0.5) is 0 Å². The van der Waals surface area contributed by atoms with E-state index in [1.54, 1.807) is 0 Å². The van der Waals surface area contributed by atoms with Crippen LogP contribution in [0.2, 0.25) is 0 Å². The van der Waals surface area contributed by atoms with Crippen LogP contribution in [0, 0.1) is 0 Å². The lowest BCUT2D eigenvalue weighted by atomic mass is 10.1.